The number of thioether (sulfide) groups is 1. The molecule has 0 radical (unpaired) electrons. The van der Waals surface area contributed by atoms with Crippen molar-refractivity contribution in [1.29, 1.82) is 0 Å². The van der Waals surface area contributed by atoms with Crippen LogP contribution < -0.4 is 5.32 Å². The molecule has 0 spiro atoms. The summed E-state index contributed by atoms with van der Waals surface area (Å²) in [5.74, 6) is 4.83. The first-order chi connectivity index (χ1) is 7.43. The lowest BCUT2D eigenvalue weighted by Gasteiger charge is -2.22. The molecule has 1 N–H and O–H groups in total. The molecule has 82 valence electrons. The first-order valence-electron chi connectivity index (χ1n) is 5.65. The molecule has 0 aliphatic carbocycles. The normalized spacial score (nSPS) is 25.5. The molecule has 1 aromatic rings. The second-order valence-electron chi connectivity index (χ2n) is 4.22. The fourth-order valence-electron chi connectivity index (χ4n) is 2.33. The van der Waals surface area contributed by atoms with Gasteiger partial charge in [0.2, 0.25) is 0 Å². The minimum absolute atomic E-state index is 0.595. The summed E-state index contributed by atoms with van der Waals surface area (Å²) in [7, 11) is 0. The van der Waals surface area contributed by atoms with Gasteiger partial charge in [-0.25, -0.2) is 0 Å². The third-order valence-electron chi connectivity index (χ3n) is 3.11. The van der Waals surface area contributed by atoms with Crippen LogP contribution in [0.25, 0.3) is 0 Å². The average molecular weight is 224 g/mol. The van der Waals surface area contributed by atoms with Gasteiger partial charge in [-0.15, -0.1) is 10.2 Å². The molecule has 1 aromatic heterocycles. The van der Waals surface area contributed by atoms with Crippen LogP contribution in [0.2, 0.25) is 0 Å². The van der Waals surface area contributed by atoms with Crippen LogP contribution in [0, 0.1) is 0 Å². The number of rotatable bonds is 2. The van der Waals surface area contributed by atoms with Crippen LogP contribution in [-0.2, 0) is 19.4 Å². The number of nitrogens with one attached hydrogen (secondary N) is 1. The van der Waals surface area contributed by atoms with Crippen LogP contribution in [0.3, 0.4) is 0 Å². The zero-order chi connectivity index (χ0) is 10.1. The number of hydrogen-bond acceptors (Lipinski definition) is 4. The van der Waals surface area contributed by atoms with Gasteiger partial charge in [-0.2, -0.15) is 11.8 Å². The predicted octanol–water partition coefficient (Wildman–Crippen LogP) is 0.472. The maximum absolute atomic E-state index is 4.30. The van der Waals surface area contributed by atoms with Crippen LogP contribution in [0.1, 0.15) is 18.1 Å². The van der Waals surface area contributed by atoms with Gasteiger partial charge in [-0.1, -0.05) is 0 Å². The zero-order valence-corrected chi connectivity index (χ0v) is 9.59. The molecule has 1 saturated heterocycles. The zero-order valence-electron chi connectivity index (χ0n) is 8.78. The Morgan fingerprint density at radius 3 is 3.33 bits per heavy atom. The van der Waals surface area contributed by atoms with Crippen LogP contribution in [-0.4, -0.2) is 38.9 Å². The molecule has 15 heavy (non-hydrogen) atoms. The summed E-state index contributed by atoms with van der Waals surface area (Å²) in [6, 6.07) is 0.595. The van der Waals surface area contributed by atoms with E-state index in [0.29, 0.717) is 6.04 Å². The quantitative estimate of drug-likeness (QED) is 0.793. The molecule has 0 bridgehead atoms. The molecule has 4 nitrogen and oxygen atoms in total. The predicted molar refractivity (Wildman–Crippen MR) is 61.2 cm³/mol. The highest BCUT2D eigenvalue weighted by Crippen LogP contribution is 2.17. The van der Waals surface area contributed by atoms with Crippen LogP contribution >= 0.6 is 11.8 Å². The van der Waals surface area contributed by atoms with Gasteiger partial charge < -0.3 is 9.88 Å². The molecule has 3 heterocycles. The van der Waals surface area contributed by atoms with Crippen molar-refractivity contribution in [1.82, 2.24) is 20.1 Å². The molecule has 1 atom stereocenters. The van der Waals surface area contributed by atoms with Gasteiger partial charge in [0.1, 0.15) is 11.6 Å². The topological polar surface area (TPSA) is 42.7 Å². The highest BCUT2D eigenvalue weighted by Gasteiger charge is 2.21. The van der Waals surface area contributed by atoms with Crippen molar-refractivity contribution >= 4 is 11.8 Å². The number of fused-ring (bicyclic) bond motifs is 1. The van der Waals surface area contributed by atoms with Crippen molar-refractivity contribution in [2.24, 2.45) is 0 Å². The van der Waals surface area contributed by atoms with Crippen molar-refractivity contribution in [2.75, 3.05) is 18.1 Å². The molecule has 1 fully saturated rings. The van der Waals surface area contributed by atoms with Gasteiger partial charge >= 0.3 is 0 Å². The molecular formula is C10H16N4S. The second-order valence-corrected chi connectivity index (χ2v) is 5.37. The standard InChI is InChI=1S/C10H16N4S/c1-2-9-12-13-10(14(9)4-1)6-8-7-15-5-3-11-8/h8,11H,1-7H2. The van der Waals surface area contributed by atoms with Crippen molar-refractivity contribution in [3.05, 3.63) is 11.6 Å². The van der Waals surface area contributed by atoms with Gasteiger partial charge in [0, 0.05) is 43.5 Å². The molecule has 0 amide bonds. The van der Waals surface area contributed by atoms with E-state index in [1.165, 1.54) is 29.6 Å². The third kappa shape index (κ3) is 1.90. The fraction of sp³-hybridized carbons (Fsp3) is 0.800. The maximum Gasteiger partial charge on any atom is 0.134 e. The Morgan fingerprint density at radius 1 is 1.47 bits per heavy atom. The van der Waals surface area contributed by atoms with Crippen LogP contribution in [0.15, 0.2) is 0 Å². The Bertz CT molecular complexity index is 343. The van der Waals surface area contributed by atoms with Crippen LogP contribution in [0.5, 0.6) is 0 Å². The van der Waals surface area contributed by atoms with E-state index in [-0.39, 0.29) is 0 Å². The summed E-state index contributed by atoms with van der Waals surface area (Å²) in [5.41, 5.74) is 0. The van der Waals surface area contributed by atoms with Gasteiger partial charge in [-0.05, 0) is 6.42 Å². The monoisotopic (exact) mass is 224 g/mol. The Labute approximate surface area is 93.8 Å². The average Bonchev–Trinajstić information content (AvgIpc) is 2.85. The molecule has 0 aromatic carbocycles. The molecule has 0 saturated carbocycles. The van der Waals surface area contributed by atoms with Gasteiger partial charge in [0.15, 0.2) is 0 Å². The van der Waals surface area contributed by atoms with Crippen molar-refractivity contribution in [3.8, 4) is 0 Å². The van der Waals surface area contributed by atoms with Crippen molar-refractivity contribution in [2.45, 2.75) is 31.8 Å². The van der Waals surface area contributed by atoms with E-state index in [0.717, 1.165) is 25.9 Å². The van der Waals surface area contributed by atoms with E-state index in [1.807, 2.05) is 11.8 Å². The van der Waals surface area contributed by atoms with E-state index in [9.17, 15) is 0 Å². The van der Waals surface area contributed by atoms with Gasteiger partial charge in [-0.3, -0.25) is 0 Å². The number of aromatic nitrogens is 3. The van der Waals surface area contributed by atoms with E-state index in [2.05, 4.69) is 20.1 Å². The fourth-order valence-corrected chi connectivity index (χ4v) is 3.28. The van der Waals surface area contributed by atoms with Gasteiger partial charge in [0.25, 0.3) is 0 Å². The van der Waals surface area contributed by atoms with E-state index in [4.69, 9.17) is 0 Å². The third-order valence-corrected chi connectivity index (χ3v) is 4.24. The lowest BCUT2D eigenvalue weighted by Crippen LogP contribution is -2.39. The Morgan fingerprint density at radius 2 is 2.47 bits per heavy atom. The summed E-state index contributed by atoms with van der Waals surface area (Å²) in [6.45, 7) is 2.26. The van der Waals surface area contributed by atoms with E-state index < -0.39 is 0 Å². The van der Waals surface area contributed by atoms with E-state index >= 15 is 0 Å². The number of nitrogens with zero attached hydrogens (tertiary/aromatic N) is 3. The summed E-state index contributed by atoms with van der Waals surface area (Å²) >= 11 is 2.04. The Hall–Kier alpha value is -0.550. The molecule has 2 aliphatic heterocycles. The SMILES string of the molecule is C1Cc2nnc(CC3CSCCN3)n2C1. The summed E-state index contributed by atoms with van der Waals surface area (Å²) in [6.07, 6.45) is 3.39. The molecule has 5 heteroatoms. The number of aryl methyl sites for hydroxylation is 1. The van der Waals surface area contributed by atoms with Gasteiger partial charge in [0.05, 0.1) is 0 Å². The summed E-state index contributed by atoms with van der Waals surface area (Å²) < 4.78 is 2.31. The second kappa shape index (κ2) is 4.14. The lowest BCUT2D eigenvalue weighted by molar-refractivity contribution is 0.533. The minimum atomic E-state index is 0.595. The lowest BCUT2D eigenvalue weighted by atomic mass is 10.2. The molecular weight excluding hydrogens is 208 g/mol. The smallest absolute Gasteiger partial charge is 0.134 e. The molecule has 2 aliphatic rings. The maximum atomic E-state index is 4.30. The Balaban J connectivity index is 1.70. The minimum Gasteiger partial charge on any atom is -0.315 e. The van der Waals surface area contributed by atoms with Crippen LogP contribution in [0.4, 0.5) is 0 Å². The molecule has 3 rings (SSSR count). The van der Waals surface area contributed by atoms with E-state index in [1.54, 1.807) is 0 Å². The first-order valence-corrected chi connectivity index (χ1v) is 6.81. The highest BCUT2D eigenvalue weighted by molar-refractivity contribution is 7.99. The summed E-state index contributed by atoms with van der Waals surface area (Å²) in [4.78, 5) is 0. The molecule has 1 unspecified atom stereocenters. The summed E-state index contributed by atoms with van der Waals surface area (Å²) in [5, 5.41) is 12.1. The van der Waals surface area contributed by atoms with Crippen molar-refractivity contribution in [3.63, 3.8) is 0 Å². The highest BCUT2D eigenvalue weighted by atomic mass is 32.2. The van der Waals surface area contributed by atoms with Crippen molar-refractivity contribution < 1.29 is 0 Å². The largest absolute Gasteiger partial charge is 0.315 e. The number of hydrogen-bond donors (Lipinski definition) is 1. The first kappa shape index (κ1) is 9.66. The Kier molecular flexibility index (Phi) is 2.66.